The van der Waals surface area contributed by atoms with Gasteiger partial charge in [0.2, 0.25) is 5.91 Å². The third-order valence-corrected chi connectivity index (χ3v) is 4.74. The summed E-state index contributed by atoms with van der Waals surface area (Å²) in [5.74, 6) is 1.11. The van der Waals surface area contributed by atoms with Gasteiger partial charge in [0, 0.05) is 18.5 Å². The Labute approximate surface area is 117 Å². The number of hydrogen-bond donors (Lipinski definition) is 1. The lowest BCUT2D eigenvalue weighted by atomic mass is 9.66. The second-order valence-corrected chi connectivity index (χ2v) is 5.80. The van der Waals surface area contributed by atoms with Crippen LogP contribution in [0.1, 0.15) is 45.4 Å². The zero-order valence-electron chi connectivity index (χ0n) is 11.7. The summed E-state index contributed by atoms with van der Waals surface area (Å²) in [6.45, 7) is 5.18. The van der Waals surface area contributed by atoms with E-state index in [0.717, 1.165) is 38.9 Å². The average molecular weight is 275 g/mol. The minimum absolute atomic E-state index is 0. The molecule has 2 aliphatic rings. The number of carbonyl (C=O) groups is 1. The standard InChI is InChI=1S/C14H26N2O.ClH/c1-3-14(7-5-8-14)13(17)16-9-4-6-12(11-16)10-15-2;/h12,15H,3-11H2,1-2H3;1H. The summed E-state index contributed by atoms with van der Waals surface area (Å²) in [5, 5.41) is 3.24. The molecule has 0 aromatic rings. The van der Waals surface area contributed by atoms with E-state index in [-0.39, 0.29) is 17.8 Å². The first kappa shape index (κ1) is 15.8. The quantitative estimate of drug-likeness (QED) is 0.854. The highest BCUT2D eigenvalue weighted by Gasteiger charge is 2.45. The van der Waals surface area contributed by atoms with Crippen LogP contribution in [0.3, 0.4) is 0 Å². The highest BCUT2D eigenvalue weighted by Crippen LogP contribution is 2.45. The maximum atomic E-state index is 12.6. The highest BCUT2D eigenvalue weighted by molar-refractivity contribution is 5.85. The van der Waals surface area contributed by atoms with E-state index in [0.29, 0.717) is 11.8 Å². The Morgan fingerprint density at radius 1 is 1.39 bits per heavy atom. The molecule has 4 heteroatoms. The van der Waals surface area contributed by atoms with Crippen molar-refractivity contribution in [2.75, 3.05) is 26.7 Å². The molecule has 0 radical (unpaired) electrons. The molecule has 3 nitrogen and oxygen atoms in total. The number of carbonyl (C=O) groups excluding carboxylic acids is 1. The first-order valence-electron chi connectivity index (χ1n) is 7.16. The first-order valence-corrected chi connectivity index (χ1v) is 7.16. The van der Waals surface area contributed by atoms with Crippen molar-refractivity contribution in [2.24, 2.45) is 11.3 Å². The summed E-state index contributed by atoms with van der Waals surface area (Å²) in [7, 11) is 2.00. The number of halogens is 1. The summed E-state index contributed by atoms with van der Waals surface area (Å²) in [5.41, 5.74) is 0.0293. The molecule has 1 atom stereocenters. The topological polar surface area (TPSA) is 32.3 Å². The van der Waals surface area contributed by atoms with Crippen LogP contribution in [0.4, 0.5) is 0 Å². The molecule has 0 aromatic heterocycles. The SMILES string of the molecule is CCC1(C(=O)N2CCCC(CNC)C2)CCC1.Cl. The molecule has 0 spiro atoms. The van der Waals surface area contributed by atoms with Crippen molar-refractivity contribution < 1.29 is 4.79 Å². The molecule has 1 N–H and O–H groups in total. The van der Waals surface area contributed by atoms with Gasteiger partial charge in [-0.05, 0) is 51.6 Å². The van der Waals surface area contributed by atoms with Crippen LogP contribution in [0.25, 0.3) is 0 Å². The molecule has 2 fully saturated rings. The molecule has 1 saturated heterocycles. The molecular weight excluding hydrogens is 248 g/mol. The Balaban J connectivity index is 0.00000162. The third kappa shape index (κ3) is 3.00. The predicted molar refractivity (Wildman–Crippen MR) is 77.1 cm³/mol. The van der Waals surface area contributed by atoms with Crippen molar-refractivity contribution in [3.8, 4) is 0 Å². The van der Waals surface area contributed by atoms with Crippen molar-refractivity contribution >= 4 is 18.3 Å². The Morgan fingerprint density at radius 3 is 2.61 bits per heavy atom. The van der Waals surface area contributed by atoms with Crippen molar-refractivity contribution in [3.05, 3.63) is 0 Å². The monoisotopic (exact) mass is 274 g/mol. The fraction of sp³-hybridized carbons (Fsp3) is 0.929. The Hall–Kier alpha value is -0.280. The Bertz CT molecular complexity index is 271. The van der Waals surface area contributed by atoms with E-state index in [4.69, 9.17) is 0 Å². The number of nitrogens with one attached hydrogen (secondary N) is 1. The van der Waals surface area contributed by atoms with Crippen LogP contribution in [0.5, 0.6) is 0 Å². The van der Waals surface area contributed by atoms with Gasteiger partial charge in [0.05, 0.1) is 0 Å². The highest BCUT2D eigenvalue weighted by atomic mass is 35.5. The molecule has 1 amide bonds. The van der Waals surface area contributed by atoms with Crippen molar-refractivity contribution in [2.45, 2.75) is 45.4 Å². The predicted octanol–water partition coefficient (Wildman–Crippen LogP) is 2.45. The lowest BCUT2D eigenvalue weighted by Crippen LogP contribution is -2.51. The van der Waals surface area contributed by atoms with Crippen molar-refractivity contribution in [1.29, 1.82) is 0 Å². The maximum absolute atomic E-state index is 12.6. The van der Waals surface area contributed by atoms with Crippen molar-refractivity contribution in [1.82, 2.24) is 10.2 Å². The summed E-state index contributed by atoms with van der Waals surface area (Å²) in [6.07, 6.45) is 6.96. The molecular formula is C14H27ClN2O. The number of hydrogen-bond acceptors (Lipinski definition) is 2. The second-order valence-electron chi connectivity index (χ2n) is 5.80. The van der Waals surface area contributed by atoms with Gasteiger partial charge in [-0.2, -0.15) is 0 Å². The van der Waals surface area contributed by atoms with Crippen LogP contribution in [0.15, 0.2) is 0 Å². The number of piperidine rings is 1. The van der Waals surface area contributed by atoms with Gasteiger partial charge in [-0.1, -0.05) is 13.3 Å². The summed E-state index contributed by atoms with van der Waals surface area (Å²) in [6, 6.07) is 0. The van der Waals surface area contributed by atoms with Gasteiger partial charge >= 0.3 is 0 Å². The van der Waals surface area contributed by atoms with E-state index in [1.165, 1.54) is 19.3 Å². The number of rotatable bonds is 4. The molecule has 1 saturated carbocycles. The van der Waals surface area contributed by atoms with Gasteiger partial charge in [0.15, 0.2) is 0 Å². The van der Waals surface area contributed by atoms with Crippen LogP contribution < -0.4 is 5.32 Å². The van der Waals surface area contributed by atoms with E-state index >= 15 is 0 Å². The van der Waals surface area contributed by atoms with E-state index in [9.17, 15) is 4.79 Å². The Morgan fingerprint density at radius 2 is 2.11 bits per heavy atom. The fourth-order valence-corrected chi connectivity index (χ4v) is 3.36. The van der Waals surface area contributed by atoms with Gasteiger partial charge in [-0.3, -0.25) is 4.79 Å². The van der Waals surface area contributed by atoms with Gasteiger partial charge in [-0.25, -0.2) is 0 Å². The summed E-state index contributed by atoms with van der Waals surface area (Å²) >= 11 is 0. The summed E-state index contributed by atoms with van der Waals surface area (Å²) in [4.78, 5) is 14.7. The maximum Gasteiger partial charge on any atom is 0.228 e. The van der Waals surface area contributed by atoms with Gasteiger partial charge in [-0.15, -0.1) is 12.4 Å². The normalized spacial score (nSPS) is 26.1. The van der Waals surface area contributed by atoms with E-state index in [2.05, 4.69) is 17.1 Å². The molecule has 106 valence electrons. The largest absolute Gasteiger partial charge is 0.342 e. The average Bonchev–Trinajstić information content (AvgIpc) is 2.29. The number of nitrogens with zero attached hydrogens (tertiary/aromatic N) is 1. The molecule has 0 aromatic carbocycles. The second kappa shape index (κ2) is 6.76. The lowest BCUT2D eigenvalue weighted by Gasteiger charge is -2.45. The van der Waals surface area contributed by atoms with Crippen molar-refractivity contribution in [3.63, 3.8) is 0 Å². The van der Waals surface area contributed by atoms with Crippen LogP contribution in [-0.2, 0) is 4.79 Å². The zero-order valence-corrected chi connectivity index (χ0v) is 12.5. The number of amides is 1. The van der Waals surface area contributed by atoms with Crippen LogP contribution in [0, 0.1) is 11.3 Å². The van der Waals surface area contributed by atoms with E-state index in [1.54, 1.807) is 0 Å². The fourth-order valence-electron chi connectivity index (χ4n) is 3.36. The minimum Gasteiger partial charge on any atom is -0.342 e. The minimum atomic E-state index is 0. The molecule has 1 unspecified atom stereocenters. The summed E-state index contributed by atoms with van der Waals surface area (Å²) < 4.78 is 0. The van der Waals surface area contributed by atoms with Gasteiger partial charge < -0.3 is 10.2 Å². The molecule has 1 aliphatic carbocycles. The van der Waals surface area contributed by atoms with Crippen LogP contribution >= 0.6 is 12.4 Å². The zero-order chi connectivity index (χ0) is 12.3. The third-order valence-electron chi connectivity index (χ3n) is 4.74. The first-order chi connectivity index (χ1) is 8.22. The smallest absolute Gasteiger partial charge is 0.228 e. The van der Waals surface area contributed by atoms with E-state index in [1.807, 2.05) is 7.05 Å². The van der Waals surface area contributed by atoms with Gasteiger partial charge in [0.1, 0.15) is 0 Å². The van der Waals surface area contributed by atoms with E-state index < -0.39 is 0 Å². The molecule has 1 aliphatic heterocycles. The molecule has 18 heavy (non-hydrogen) atoms. The van der Waals surface area contributed by atoms with Crippen LogP contribution in [-0.4, -0.2) is 37.5 Å². The van der Waals surface area contributed by atoms with Gasteiger partial charge in [0.25, 0.3) is 0 Å². The Kier molecular flexibility index (Phi) is 5.93. The van der Waals surface area contributed by atoms with Crippen LogP contribution in [0.2, 0.25) is 0 Å². The molecule has 2 rings (SSSR count). The number of likely N-dealkylation sites (tertiary alicyclic amines) is 1. The molecule has 1 heterocycles. The lowest BCUT2D eigenvalue weighted by molar-refractivity contribution is -0.149. The molecule has 0 bridgehead atoms.